The van der Waals surface area contributed by atoms with Gasteiger partial charge in [-0.05, 0) is 48.8 Å². The molecule has 0 aliphatic rings. The number of benzene rings is 1. The topological polar surface area (TPSA) is 78.7 Å². The Hall–Kier alpha value is -1.47. The first-order chi connectivity index (χ1) is 9.20. The fourth-order valence-electron chi connectivity index (χ4n) is 1.35. The molecule has 0 atom stereocenters. The fraction of sp³-hybridized carbons (Fsp3) is 0.462. The lowest BCUT2D eigenvalue weighted by Crippen LogP contribution is -2.22. The Balaban J connectivity index is 2.60. The molecule has 0 N–H and O–H groups in total. The van der Waals surface area contributed by atoms with Crippen molar-refractivity contribution < 1.29 is 19.2 Å². The number of hydrogen-bond donors (Lipinski definition) is 0. The molecular weight excluding hydrogens is 330 g/mol. The Labute approximate surface area is 125 Å². The van der Waals surface area contributed by atoms with Crippen LogP contribution in [0.3, 0.4) is 0 Å². The molecular formula is C13H16BrNO5. The molecule has 7 heteroatoms. The van der Waals surface area contributed by atoms with Crippen LogP contribution in [-0.4, -0.2) is 29.7 Å². The highest BCUT2D eigenvalue weighted by Crippen LogP contribution is 2.25. The molecule has 0 aromatic heterocycles. The first-order valence-electron chi connectivity index (χ1n) is 5.96. The second-order valence-electron chi connectivity index (χ2n) is 5.02. The van der Waals surface area contributed by atoms with Crippen LogP contribution in [0.25, 0.3) is 0 Å². The van der Waals surface area contributed by atoms with Crippen molar-refractivity contribution >= 4 is 27.6 Å². The van der Waals surface area contributed by atoms with Crippen LogP contribution in [-0.2, 0) is 9.47 Å². The third-order valence-corrected chi connectivity index (χ3v) is 2.90. The summed E-state index contributed by atoms with van der Waals surface area (Å²) in [6.45, 7) is 6.06. The lowest BCUT2D eigenvalue weighted by molar-refractivity contribution is -0.385. The molecule has 0 saturated heterocycles. The van der Waals surface area contributed by atoms with Gasteiger partial charge in [0.2, 0.25) is 0 Å². The Kier molecular flexibility index (Phi) is 5.64. The lowest BCUT2D eigenvalue weighted by Gasteiger charge is -2.19. The first-order valence-corrected chi connectivity index (χ1v) is 6.75. The van der Waals surface area contributed by atoms with Crippen molar-refractivity contribution in [1.29, 1.82) is 0 Å². The van der Waals surface area contributed by atoms with Crippen molar-refractivity contribution in [2.75, 3.05) is 13.2 Å². The maximum absolute atomic E-state index is 11.7. The standard InChI is InChI=1S/C13H16BrNO5/c1-13(2,3)20-7-6-19-12(16)9-4-5-10(14)11(8-9)15(17)18/h4-5,8H,6-7H2,1-3H3. The molecule has 1 aromatic rings. The SMILES string of the molecule is CC(C)(C)OCCOC(=O)c1ccc(Br)c([N+](=O)[O-])c1. The largest absolute Gasteiger partial charge is 0.460 e. The van der Waals surface area contributed by atoms with Crippen LogP contribution >= 0.6 is 15.9 Å². The van der Waals surface area contributed by atoms with Gasteiger partial charge in [0.25, 0.3) is 5.69 Å². The minimum atomic E-state index is -0.613. The van der Waals surface area contributed by atoms with E-state index in [9.17, 15) is 14.9 Å². The average Bonchev–Trinajstić information content (AvgIpc) is 2.33. The fourth-order valence-corrected chi connectivity index (χ4v) is 1.74. The third kappa shape index (κ3) is 5.26. The Bertz CT molecular complexity index is 510. The highest BCUT2D eigenvalue weighted by molar-refractivity contribution is 9.10. The van der Waals surface area contributed by atoms with Crippen LogP contribution in [0.4, 0.5) is 5.69 Å². The van der Waals surface area contributed by atoms with Gasteiger partial charge in [-0.3, -0.25) is 10.1 Å². The zero-order valence-electron chi connectivity index (χ0n) is 11.5. The summed E-state index contributed by atoms with van der Waals surface area (Å²) in [6.07, 6.45) is 0. The maximum atomic E-state index is 11.7. The van der Waals surface area contributed by atoms with Crippen molar-refractivity contribution in [3.63, 3.8) is 0 Å². The van der Waals surface area contributed by atoms with Crippen LogP contribution in [0.1, 0.15) is 31.1 Å². The summed E-state index contributed by atoms with van der Waals surface area (Å²) in [6, 6.07) is 4.08. The number of nitro groups is 1. The van der Waals surface area contributed by atoms with Gasteiger partial charge in [-0.15, -0.1) is 0 Å². The molecule has 6 nitrogen and oxygen atoms in total. The van der Waals surface area contributed by atoms with Crippen LogP contribution in [0.5, 0.6) is 0 Å². The number of carbonyl (C=O) groups excluding carboxylic acids is 1. The Morgan fingerprint density at radius 1 is 1.35 bits per heavy atom. The molecule has 0 aliphatic heterocycles. The van der Waals surface area contributed by atoms with Crippen LogP contribution < -0.4 is 0 Å². The lowest BCUT2D eigenvalue weighted by atomic mass is 10.2. The van der Waals surface area contributed by atoms with Gasteiger partial charge in [0.1, 0.15) is 6.61 Å². The van der Waals surface area contributed by atoms with Gasteiger partial charge in [-0.2, -0.15) is 0 Å². The van der Waals surface area contributed by atoms with Gasteiger partial charge in [0.05, 0.1) is 27.2 Å². The maximum Gasteiger partial charge on any atom is 0.338 e. The number of halogens is 1. The van der Waals surface area contributed by atoms with E-state index in [1.807, 2.05) is 20.8 Å². The predicted octanol–water partition coefficient (Wildman–Crippen LogP) is 3.33. The van der Waals surface area contributed by atoms with E-state index in [-0.39, 0.29) is 30.1 Å². The predicted molar refractivity (Wildman–Crippen MR) is 76.8 cm³/mol. The minimum absolute atomic E-state index is 0.0972. The first kappa shape index (κ1) is 16.6. The zero-order chi connectivity index (χ0) is 15.3. The average molecular weight is 346 g/mol. The Morgan fingerprint density at radius 2 is 2.00 bits per heavy atom. The van der Waals surface area contributed by atoms with E-state index in [0.717, 1.165) is 0 Å². The van der Waals surface area contributed by atoms with Gasteiger partial charge >= 0.3 is 5.97 Å². The highest BCUT2D eigenvalue weighted by atomic mass is 79.9. The minimum Gasteiger partial charge on any atom is -0.460 e. The van der Waals surface area contributed by atoms with Gasteiger partial charge in [0.15, 0.2) is 0 Å². The number of rotatable bonds is 5. The number of nitrogens with zero attached hydrogens (tertiary/aromatic N) is 1. The quantitative estimate of drug-likeness (QED) is 0.354. The van der Waals surface area contributed by atoms with E-state index < -0.39 is 10.9 Å². The van der Waals surface area contributed by atoms with Crippen molar-refractivity contribution in [2.45, 2.75) is 26.4 Å². The molecule has 0 fully saturated rings. The summed E-state index contributed by atoms with van der Waals surface area (Å²) >= 11 is 3.05. The molecule has 0 amide bonds. The molecule has 0 saturated carbocycles. The van der Waals surface area contributed by atoms with Crippen LogP contribution in [0.2, 0.25) is 0 Å². The number of carbonyl (C=O) groups is 1. The second-order valence-corrected chi connectivity index (χ2v) is 5.87. The number of ether oxygens (including phenoxy) is 2. The monoisotopic (exact) mass is 345 g/mol. The van der Waals surface area contributed by atoms with E-state index >= 15 is 0 Å². The van der Waals surface area contributed by atoms with Gasteiger partial charge in [-0.25, -0.2) is 4.79 Å². The zero-order valence-corrected chi connectivity index (χ0v) is 13.1. The smallest absolute Gasteiger partial charge is 0.338 e. The highest BCUT2D eigenvalue weighted by Gasteiger charge is 2.17. The van der Waals surface area contributed by atoms with Crippen LogP contribution in [0.15, 0.2) is 22.7 Å². The van der Waals surface area contributed by atoms with Gasteiger partial charge in [0, 0.05) is 6.07 Å². The van der Waals surface area contributed by atoms with Crippen LogP contribution in [0, 0.1) is 10.1 Å². The third-order valence-electron chi connectivity index (χ3n) is 2.23. The van der Waals surface area contributed by atoms with Gasteiger partial charge in [-0.1, -0.05) is 0 Å². The van der Waals surface area contributed by atoms with E-state index in [1.165, 1.54) is 18.2 Å². The number of nitro benzene ring substituents is 1. The van der Waals surface area contributed by atoms with Crippen molar-refractivity contribution in [2.24, 2.45) is 0 Å². The molecule has 0 spiro atoms. The van der Waals surface area contributed by atoms with E-state index in [2.05, 4.69) is 15.9 Å². The molecule has 1 rings (SSSR count). The number of hydrogen-bond acceptors (Lipinski definition) is 5. The Morgan fingerprint density at radius 3 is 2.55 bits per heavy atom. The summed E-state index contributed by atoms with van der Waals surface area (Å²) in [4.78, 5) is 21.9. The van der Waals surface area contributed by atoms with Gasteiger partial charge < -0.3 is 9.47 Å². The molecule has 0 unspecified atom stereocenters. The molecule has 20 heavy (non-hydrogen) atoms. The summed E-state index contributed by atoms with van der Waals surface area (Å²) in [5.74, 6) is -0.613. The molecule has 110 valence electrons. The van der Waals surface area contributed by atoms with Crippen molar-refractivity contribution in [3.05, 3.63) is 38.3 Å². The summed E-state index contributed by atoms with van der Waals surface area (Å²) in [5, 5.41) is 10.8. The summed E-state index contributed by atoms with van der Waals surface area (Å²) in [7, 11) is 0. The molecule has 0 aliphatic carbocycles. The van der Waals surface area contributed by atoms with Crippen molar-refractivity contribution in [1.82, 2.24) is 0 Å². The van der Waals surface area contributed by atoms with E-state index in [1.54, 1.807) is 0 Å². The molecule has 0 bridgehead atoms. The van der Waals surface area contributed by atoms with E-state index in [0.29, 0.717) is 4.47 Å². The second kappa shape index (κ2) is 6.81. The van der Waals surface area contributed by atoms with E-state index in [4.69, 9.17) is 9.47 Å². The molecule has 1 aromatic carbocycles. The summed E-state index contributed by atoms with van der Waals surface area (Å²) in [5.41, 5.74) is -0.343. The van der Waals surface area contributed by atoms with Crippen molar-refractivity contribution in [3.8, 4) is 0 Å². The number of esters is 1. The molecule has 0 radical (unpaired) electrons. The summed E-state index contributed by atoms with van der Waals surface area (Å²) < 4.78 is 10.7. The molecule has 0 heterocycles. The normalized spacial score (nSPS) is 11.2.